The Morgan fingerprint density at radius 2 is 1.81 bits per heavy atom. The molecule has 0 radical (unpaired) electrons. The molecule has 1 saturated heterocycles. The highest BCUT2D eigenvalue weighted by atomic mass is 35.5. The van der Waals surface area contributed by atoms with Crippen molar-refractivity contribution in [2.75, 3.05) is 24.7 Å². The Labute approximate surface area is 189 Å². The zero-order valence-electron chi connectivity index (χ0n) is 17.3. The van der Waals surface area contributed by atoms with Gasteiger partial charge in [0.15, 0.2) is 6.61 Å². The van der Waals surface area contributed by atoms with Crippen LogP contribution in [-0.2, 0) is 19.1 Å². The van der Waals surface area contributed by atoms with Crippen LogP contribution in [0.2, 0.25) is 5.02 Å². The normalized spacial score (nSPS) is 15.2. The molecule has 1 aliphatic heterocycles. The molecule has 1 heterocycles. The van der Waals surface area contributed by atoms with E-state index < -0.39 is 30.3 Å². The maximum absolute atomic E-state index is 12.4. The Morgan fingerprint density at radius 3 is 2.53 bits per heavy atom. The van der Waals surface area contributed by atoms with Crippen LogP contribution in [0.25, 0.3) is 0 Å². The van der Waals surface area contributed by atoms with Crippen LogP contribution in [-0.4, -0.2) is 43.4 Å². The second kappa shape index (κ2) is 10.6. The Bertz CT molecular complexity index is 1010. The van der Waals surface area contributed by atoms with Crippen LogP contribution in [0.4, 0.5) is 5.69 Å². The lowest BCUT2D eigenvalue weighted by Gasteiger charge is -2.19. The van der Waals surface area contributed by atoms with Gasteiger partial charge in [-0.1, -0.05) is 23.7 Å². The molecular weight excluding hydrogens is 438 g/mol. The first kappa shape index (κ1) is 23.1. The number of rotatable bonds is 7. The van der Waals surface area contributed by atoms with Crippen molar-refractivity contribution in [2.24, 2.45) is 5.92 Å². The maximum atomic E-state index is 12.4. The van der Waals surface area contributed by atoms with Crippen LogP contribution in [0.1, 0.15) is 23.7 Å². The number of amides is 3. The van der Waals surface area contributed by atoms with E-state index in [9.17, 15) is 19.2 Å². The first-order chi connectivity index (χ1) is 15.4. The molecule has 10 heteroatoms. The summed E-state index contributed by atoms with van der Waals surface area (Å²) in [5.41, 5.74) is 5.26. The number of hydrazine groups is 1. The van der Waals surface area contributed by atoms with Crippen molar-refractivity contribution >= 4 is 41.0 Å². The fraction of sp³-hybridized carbons (Fsp3) is 0.273. The first-order valence-corrected chi connectivity index (χ1v) is 10.3. The molecule has 2 aromatic carbocycles. The maximum Gasteiger partial charge on any atom is 0.311 e. The van der Waals surface area contributed by atoms with Gasteiger partial charge in [-0.2, -0.15) is 0 Å². The van der Waals surface area contributed by atoms with Gasteiger partial charge in [0, 0.05) is 23.6 Å². The van der Waals surface area contributed by atoms with Gasteiger partial charge in [-0.3, -0.25) is 30.0 Å². The molecule has 0 saturated carbocycles. The summed E-state index contributed by atoms with van der Waals surface area (Å²) in [6, 6.07) is 13.1. The molecular formula is C22H22ClN3O6. The number of nitrogens with zero attached hydrogens (tertiary/aromatic N) is 1. The lowest BCUT2D eigenvalue weighted by Crippen LogP contribution is -2.43. The Hall–Kier alpha value is -3.59. The predicted octanol–water partition coefficient (Wildman–Crippen LogP) is 2.10. The second-order valence-corrected chi connectivity index (χ2v) is 7.36. The van der Waals surface area contributed by atoms with Gasteiger partial charge < -0.3 is 14.4 Å². The third kappa shape index (κ3) is 5.76. The zero-order chi connectivity index (χ0) is 23.1. The summed E-state index contributed by atoms with van der Waals surface area (Å²) in [7, 11) is 0. The molecule has 2 aromatic rings. The van der Waals surface area contributed by atoms with Crippen molar-refractivity contribution in [1.29, 1.82) is 0 Å². The van der Waals surface area contributed by atoms with Crippen molar-refractivity contribution in [1.82, 2.24) is 10.9 Å². The van der Waals surface area contributed by atoms with E-state index in [0.717, 1.165) is 0 Å². The largest absolute Gasteiger partial charge is 0.492 e. The molecule has 1 fully saturated rings. The number of ether oxygens (including phenoxy) is 2. The fourth-order valence-corrected chi connectivity index (χ4v) is 3.27. The molecule has 0 spiro atoms. The summed E-state index contributed by atoms with van der Waals surface area (Å²) in [6.45, 7) is 1.80. The monoisotopic (exact) mass is 459 g/mol. The lowest BCUT2D eigenvalue weighted by atomic mass is 10.1. The summed E-state index contributed by atoms with van der Waals surface area (Å²) in [5.74, 6) is -2.34. The van der Waals surface area contributed by atoms with E-state index in [0.29, 0.717) is 28.6 Å². The molecule has 0 aliphatic carbocycles. The Kier molecular flexibility index (Phi) is 7.67. The number of hydrogen-bond acceptors (Lipinski definition) is 6. The quantitative estimate of drug-likeness (QED) is 0.484. The van der Waals surface area contributed by atoms with E-state index in [2.05, 4.69) is 10.9 Å². The van der Waals surface area contributed by atoms with E-state index in [1.165, 1.54) is 17.0 Å². The number of halogens is 1. The molecule has 0 bridgehead atoms. The fourth-order valence-electron chi connectivity index (χ4n) is 3.15. The molecule has 0 aromatic heterocycles. The average Bonchev–Trinajstić information content (AvgIpc) is 3.18. The van der Waals surface area contributed by atoms with Crippen LogP contribution < -0.4 is 20.5 Å². The number of benzene rings is 2. The molecule has 3 rings (SSSR count). The number of anilines is 1. The van der Waals surface area contributed by atoms with Gasteiger partial charge in [0.1, 0.15) is 5.75 Å². The van der Waals surface area contributed by atoms with Crippen molar-refractivity contribution in [2.45, 2.75) is 13.3 Å². The standard InChI is InChI=1S/C22H22ClN3O6/c1-2-31-18-6-4-3-5-17(18)26-12-15(11-20(26)28)22(30)32-13-19(27)24-25-21(29)14-7-9-16(23)10-8-14/h3-10,15H,2,11-13H2,1H3,(H,24,27)(H,25,29)/t15-/m0/s1. The minimum absolute atomic E-state index is 0.0335. The molecule has 3 amide bonds. The van der Waals surface area contributed by atoms with Crippen molar-refractivity contribution in [3.8, 4) is 5.75 Å². The SMILES string of the molecule is CCOc1ccccc1N1C[C@@H](C(=O)OCC(=O)NNC(=O)c2ccc(Cl)cc2)CC1=O. The van der Waals surface area contributed by atoms with Crippen LogP contribution in [0.5, 0.6) is 5.75 Å². The second-order valence-electron chi connectivity index (χ2n) is 6.92. The molecule has 1 aliphatic rings. The van der Waals surface area contributed by atoms with Crippen molar-refractivity contribution < 1.29 is 28.7 Å². The molecule has 1 atom stereocenters. The summed E-state index contributed by atoms with van der Waals surface area (Å²) in [6.07, 6.45) is -0.0335. The molecule has 9 nitrogen and oxygen atoms in total. The number of esters is 1. The van der Waals surface area contributed by atoms with E-state index in [1.54, 1.807) is 36.4 Å². The van der Waals surface area contributed by atoms with Gasteiger partial charge in [-0.15, -0.1) is 0 Å². The summed E-state index contributed by atoms with van der Waals surface area (Å²) < 4.78 is 10.6. The van der Waals surface area contributed by atoms with E-state index >= 15 is 0 Å². The lowest BCUT2D eigenvalue weighted by molar-refractivity contribution is -0.152. The van der Waals surface area contributed by atoms with Gasteiger partial charge in [0.25, 0.3) is 11.8 Å². The summed E-state index contributed by atoms with van der Waals surface area (Å²) in [5, 5.41) is 0.475. The highest BCUT2D eigenvalue weighted by Crippen LogP contribution is 2.33. The summed E-state index contributed by atoms with van der Waals surface area (Å²) in [4.78, 5) is 50.1. The van der Waals surface area contributed by atoms with Crippen molar-refractivity contribution in [3.05, 3.63) is 59.1 Å². The zero-order valence-corrected chi connectivity index (χ0v) is 18.1. The van der Waals surface area contributed by atoms with Crippen LogP contribution >= 0.6 is 11.6 Å². The molecule has 32 heavy (non-hydrogen) atoms. The van der Waals surface area contributed by atoms with Gasteiger partial charge in [0.05, 0.1) is 18.2 Å². The number of hydrogen-bond donors (Lipinski definition) is 2. The molecule has 0 unspecified atom stereocenters. The van der Waals surface area contributed by atoms with Gasteiger partial charge >= 0.3 is 5.97 Å². The Morgan fingerprint density at radius 1 is 1.09 bits per heavy atom. The topological polar surface area (TPSA) is 114 Å². The van der Waals surface area contributed by atoms with Gasteiger partial charge in [-0.05, 0) is 43.3 Å². The minimum Gasteiger partial charge on any atom is -0.492 e. The minimum atomic E-state index is -0.719. The number of carbonyl (C=O) groups is 4. The van der Waals surface area contributed by atoms with E-state index in [1.807, 2.05) is 6.92 Å². The Balaban J connectivity index is 1.48. The van der Waals surface area contributed by atoms with Crippen LogP contribution in [0.3, 0.4) is 0 Å². The van der Waals surface area contributed by atoms with E-state index in [4.69, 9.17) is 21.1 Å². The molecule has 168 valence electrons. The predicted molar refractivity (Wildman–Crippen MR) is 116 cm³/mol. The molecule has 2 N–H and O–H groups in total. The third-order valence-corrected chi connectivity index (χ3v) is 4.93. The van der Waals surface area contributed by atoms with E-state index in [-0.39, 0.29) is 18.9 Å². The number of para-hydroxylation sites is 2. The highest BCUT2D eigenvalue weighted by molar-refractivity contribution is 6.30. The highest BCUT2D eigenvalue weighted by Gasteiger charge is 2.37. The number of nitrogens with one attached hydrogen (secondary N) is 2. The number of carbonyl (C=O) groups excluding carboxylic acids is 4. The smallest absolute Gasteiger partial charge is 0.311 e. The third-order valence-electron chi connectivity index (χ3n) is 4.68. The average molecular weight is 460 g/mol. The van der Waals surface area contributed by atoms with Crippen molar-refractivity contribution in [3.63, 3.8) is 0 Å². The van der Waals surface area contributed by atoms with Crippen LogP contribution in [0, 0.1) is 5.92 Å². The summed E-state index contributed by atoms with van der Waals surface area (Å²) >= 11 is 5.76. The first-order valence-electron chi connectivity index (χ1n) is 9.92. The van der Waals surface area contributed by atoms with Crippen LogP contribution in [0.15, 0.2) is 48.5 Å². The van der Waals surface area contributed by atoms with Gasteiger partial charge in [-0.25, -0.2) is 0 Å². The van der Waals surface area contributed by atoms with Gasteiger partial charge in [0.2, 0.25) is 5.91 Å².